The predicted octanol–water partition coefficient (Wildman–Crippen LogP) is 4.86. The van der Waals surface area contributed by atoms with Crippen LogP contribution in [-0.4, -0.2) is 14.9 Å². The van der Waals surface area contributed by atoms with Crippen molar-refractivity contribution in [2.45, 2.75) is 59.2 Å². The second-order valence-electron chi connectivity index (χ2n) is 6.93. The summed E-state index contributed by atoms with van der Waals surface area (Å²) in [6, 6.07) is 0. The Labute approximate surface area is 115 Å². The van der Waals surface area contributed by atoms with Gasteiger partial charge in [0.1, 0.15) is 0 Å². The molecule has 0 N–H and O–H groups in total. The summed E-state index contributed by atoms with van der Waals surface area (Å²) in [5.41, 5.74) is -0.225. The van der Waals surface area contributed by atoms with Gasteiger partial charge in [0.2, 0.25) is 0 Å². The van der Waals surface area contributed by atoms with Gasteiger partial charge in [-0.2, -0.15) is 0 Å². The van der Waals surface area contributed by atoms with Crippen molar-refractivity contribution in [1.82, 2.24) is 0 Å². The zero-order valence-corrected chi connectivity index (χ0v) is 14.3. The molecule has 1 nitrogen and oxygen atoms in total. The number of allylic oxidation sites excluding steroid dienone is 1. The van der Waals surface area contributed by atoms with Crippen molar-refractivity contribution < 1.29 is 4.43 Å². The molecule has 18 heavy (non-hydrogen) atoms. The second kappa shape index (κ2) is 6.08. The zero-order valence-electron chi connectivity index (χ0n) is 13.3. The maximum atomic E-state index is 6.18. The highest BCUT2D eigenvalue weighted by atomic mass is 28.4. The average Bonchev–Trinajstić information content (AvgIpc) is 2.26. The van der Waals surface area contributed by atoms with Gasteiger partial charge in [0.15, 0.2) is 8.32 Å². The molecule has 104 valence electrons. The van der Waals surface area contributed by atoms with E-state index in [4.69, 9.17) is 10.8 Å². The third-order valence-corrected chi connectivity index (χ3v) is 9.12. The Morgan fingerprint density at radius 1 is 1.33 bits per heavy atom. The maximum Gasteiger partial charge on any atom is 0.191 e. The van der Waals surface area contributed by atoms with E-state index in [1.165, 1.54) is 0 Å². The van der Waals surface area contributed by atoms with Gasteiger partial charge in [0.25, 0.3) is 0 Å². The molecule has 0 radical (unpaired) electrons. The first-order valence-corrected chi connectivity index (χ1v) is 9.66. The van der Waals surface area contributed by atoms with Crippen molar-refractivity contribution in [2.75, 3.05) is 6.61 Å². The van der Waals surface area contributed by atoms with Gasteiger partial charge in [-0.3, -0.25) is 0 Å². The molecule has 0 bridgehead atoms. The molecule has 0 aromatic heterocycles. The van der Waals surface area contributed by atoms with E-state index in [-0.39, 0.29) is 10.5 Å². The van der Waals surface area contributed by atoms with Crippen molar-refractivity contribution in [3.63, 3.8) is 0 Å². The van der Waals surface area contributed by atoms with Crippen LogP contribution in [0.15, 0.2) is 12.7 Å². The van der Waals surface area contributed by atoms with E-state index in [1.807, 2.05) is 6.08 Å². The number of rotatable bonds is 6. The molecular formula is C16H30OSi. The van der Waals surface area contributed by atoms with Gasteiger partial charge in [-0.25, -0.2) is 0 Å². The lowest BCUT2D eigenvalue weighted by atomic mass is 9.77. The van der Waals surface area contributed by atoms with Crippen LogP contribution in [0, 0.1) is 23.7 Å². The van der Waals surface area contributed by atoms with Gasteiger partial charge in [-0.15, -0.1) is 13.0 Å². The molecule has 0 aromatic rings. The van der Waals surface area contributed by atoms with Gasteiger partial charge in [-0.05, 0) is 37.4 Å². The summed E-state index contributed by atoms with van der Waals surface area (Å²) >= 11 is 0. The summed E-state index contributed by atoms with van der Waals surface area (Å²) in [6.45, 7) is 20.2. The quantitative estimate of drug-likeness (QED) is 0.379. The van der Waals surface area contributed by atoms with Crippen LogP contribution < -0.4 is 0 Å². The third-order valence-electron chi connectivity index (χ3n) is 4.58. The molecule has 0 amide bonds. The van der Waals surface area contributed by atoms with E-state index in [0.29, 0.717) is 5.92 Å². The molecule has 0 saturated heterocycles. The summed E-state index contributed by atoms with van der Waals surface area (Å²) in [7, 11) is -1.63. The van der Waals surface area contributed by atoms with Gasteiger partial charge in [0, 0.05) is 12.0 Å². The Kier molecular flexibility index (Phi) is 5.90. The first kappa shape index (κ1) is 17.5. The van der Waals surface area contributed by atoms with Crippen LogP contribution in [0.4, 0.5) is 0 Å². The molecule has 0 aliphatic rings. The van der Waals surface area contributed by atoms with Crippen LogP contribution in [0.25, 0.3) is 0 Å². The first-order chi connectivity index (χ1) is 8.00. The standard InChI is InChI=1S/C16H30OSi/c1-10-16(7,11-2)14(3)12-13-17-18(8,9)15(4,5)6/h1,11,14H,2,12-13H2,3-9H3/t14-,16+/m1/s1. The lowest BCUT2D eigenvalue weighted by Gasteiger charge is -2.37. The van der Waals surface area contributed by atoms with Crippen molar-refractivity contribution in [3.05, 3.63) is 12.7 Å². The molecule has 2 atom stereocenters. The smallest absolute Gasteiger partial charge is 0.191 e. The van der Waals surface area contributed by atoms with Crippen LogP contribution >= 0.6 is 0 Å². The fraction of sp³-hybridized carbons (Fsp3) is 0.750. The summed E-state index contributed by atoms with van der Waals surface area (Å²) in [6.07, 6.45) is 8.46. The Morgan fingerprint density at radius 2 is 1.83 bits per heavy atom. The minimum absolute atomic E-state index is 0.225. The van der Waals surface area contributed by atoms with Crippen LogP contribution in [-0.2, 0) is 4.43 Å². The molecule has 0 aromatic carbocycles. The average molecular weight is 267 g/mol. The fourth-order valence-electron chi connectivity index (χ4n) is 1.41. The largest absolute Gasteiger partial charge is 0.417 e. The molecule has 0 fully saturated rings. The maximum absolute atomic E-state index is 6.18. The Morgan fingerprint density at radius 3 is 2.17 bits per heavy atom. The highest BCUT2D eigenvalue weighted by Gasteiger charge is 2.37. The van der Waals surface area contributed by atoms with E-state index < -0.39 is 8.32 Å². The molecule has 0 saturated carbocycles. The summed E-state index contributed by atoms with van der Waals surface area (Å²) < 4.78 is 6.18. The number of hydrogen-bond donors (Lipinski definition) is 0. The molecular weight excluding hydrogens is 236 g/mol. The van der Waals surface area contributed by atoms with Gasteiger partial charge in [0.05, 0.1) is 0 Å². The topological polar surface area (TPSA) is 9.23 Å². The van der Waals surface area contributed by atoms with E-state index in [9.17, 15) is 0 Å². The first-order valence-electron chi connectivity index (χ1n) is 6.75. The van der Waals surface area contributed by atoms with Crippen molar-refractivity contribution in [1.29, 1.82) is 0 Å². The fourth-order valence-corrected chi connectivity index (χ4v) is 2.47. The summed E-state index contributed by atoms with van der Waals surface area (Å²) in [5.74, 6) is 3.24. The predicted molar refractivity (Wildman–Crippen MR) is 84.1 cm³/mol. The molecule has 0 rings (SSSR count). The molecule has 2 heteroatoms. The van der Waals surface area contributed by atoms with Gasteiger partial charge >= 0.3 is 0 Å². The Balaban J connectivity index is 4.39. The van der Waals surface area contributed by atoms with Crippen molar-refractivity contribution in [3.8, 4) is 12.3 Å². The van der Waals surface area contributed by atoms with E-state index >= 15 is 0 Å². The molecule has 0 aliphatic carbocycles. The highest BCUT2D eigenvalue weighted by molar-refractivity contribution is 6.74. The lowest BCUT2D eigenvalue weighted by molar-refractivity contribution is 0.229. The van der Waals surface area contributed by atoms with E-state index in [1.54, 1.807) is 0 Å². The van der Waals surface area contributed by atoms with E-state index in [0.717, 1.165) is 13.0 Å². The second-order valence-corrected chi connectivity index (χ2v) is 11.7. The van der Waals surface area contributed by atoms with Crippen molar-refractivity contribution in [2.24, 2.45) is 11.3 Å². The van der Waals surface area contributed by atoms with Crippen LogP contribution in [0.3, 0.4) is 0 Å². The number of terminal acetylenes is 1. The minimum atomic E-state index is -1.63. The van der Waals surface area contributed by atoms with Gasteiger partial charge in [-0.1, -0.05) is 39.7 Å². The van der Waals surface area contributed by atoms with Crippen LogP contribution in [0.1, 0.15) is 41.0 Å². The molecule has 0 heterocycles. The van der Waals surface area contributed by atoms with Crippen LogP contribution in [0.5, 0.6) is 0 Å². The highest BCUT2D eigenvalue weighted by Crippen LogP contribution is 2.37. The normalized spacial score (nSPS) is 17.7. The molecule has 0 unspecified atom stereocenters. The van der Waals surface area contributed by atoms with Crippen molar-refractivity contribution >= 4 is 8.32 Å². The minimum Gasteiger partial charge on any atom is -0.417 e. The van der Waals surface area contributed by atoms with E-state index in [2.05, 4.69) is 60.2 Å². The Hall–Kier alpha value is -0.523. The van der Waals surface area contributed by atoms with Crippen LogP contribution in [0.2, 0.25) is 18.1 Å². The summed E-state index contributed by atoms with van der Waals surface area (Å²) in [4.78, 5) is 0. The zero-order chi connectivity index (χ0) is 14.6. The van der Waals surface area contributed by atoms with Gasteiger partial charge < -0.3 is 4.43 Å². The monoisotopic (exact) mass is 266 g/mol. The molecule has 0 aliphatic heterocycles. The lowest BCUT2D eigenvalue weighted by Crippen LogP contribution is -2.41. The summed E-state index contributed by atoms with van der Waals surface area (Å²) in [5, 5.41) is 0.268. The Bertz CT molecular complexity index is 319. The SMILES string of the molecule is C#C[C@@](C)(C=C)[C@H](C)CCO[Si](C)(C)C(C)(C)C. The third kappa shape index (κ3) is 4.30. The number of hydrogen-bond acceptors (Lipinski definition) is 1. The molecule has 0 spiro atoms.